The minimum atomic E-state index is -0.549. The molecule has 2 rings (SSSR count). The maximum Gasteiger partial charge on any atom is 0.126 e. The van der Waals surface area contributed by atoms with E-state index >= 15 is 0 Å². The van der Waals surface area contributed by atoms with Crippen LogP contribution in [0.5, 0.6) is 0 Å². The second kappa shape index (κ2) is 6.35. The topological polar surface area (TPSA) is 29.9 Å². The lowest BCUT2D eigenvalue weighted by Gasteiger charge is -2.19. The molecular formula is C16H21F2N3. The standard InChI is InChI=1S/C16H21F2N3/c1-5-19-16(12-6-13(17)8-14(18)7-12)9-15-10(2)20-21(4)11(15)3/h6-8,16,19H,5,9H2,1-4H3. The summed E-state index contributed by atoms with van der Waals surface area (Å²) < 4.78 is 28.7. The number of rotatable bonds is 5. The number of nitrogens with one attached hydrogen (secondary N) is 1. The van der Waals surface area contributed by atoms with Crippen molar-refractivity contribution in [2.24, 2.45) is 7.05 Å². The first-order chi connectivity index (χ1) is 9.92. The Morgan fingerprint density at radius 1 is 1.19 bits per heavy atom. The third-order valence-corrected chi connectivity index (χ3v) is 3.80. The second-order valence-corrected chi connectivity index (χ2v) is 5.29. The molecule has 1 heterocycles. The molecule has 0 bridgehead atoms. The van der Waals surface area contributed by atoms with Crippen LogP contribution in [0.2, 0.25) is 0 Å². The highest BCUT2D eigenvalue weighted by molar-refractivity contribution is 5.29. The smallest absolute Gasteiger partial charge is 0.126 e. The van der Waals surface area contributed by atoms with Gasteiger partial charge in [0.15, 0.2) is 0 Å². The Kier molecular flexibility index (Phi) is 4.73. The average Bonchev–Trinajstić information content (AvgIpc) is 2.63. The second-order valence-electron chi connectivity index (χ2n) is 5.29. The summed E-state index contributed by atoms with van der Waals surface area (Å²) in [5, 5.41) is 7.69. The number of hydrogen-bond acceptors (Lipinski definition) is 2. The first kappa shape index (κ1) is 15.6. The SMILES string of the molecule is CCNC(Cc1c(C)nn(C)c1C)c1cc(F)cc(F)c1. The Bertz CT molecular complexity index is 614. The summed E-state index contributed by atoms with van der Waals surface area (Å²) in [5.74, 6) is -1.10. The van der Waals surface area contributed by atoms with Gasteiger partial charge in [-0.2, -0.15) is 5.10 Å². The van der Waals surface area contributed by atoms with Crippen LogP contribution in [0, 0.1) is 25.5 Å². The molecule has 0 aliphatic heterocycles. The Hall–Kier alpha value is -1.75. The van der Waals surface area contributed by atoms with Gasteiger partial charge in [0.1, 0.15) is 11.6 Å². The summed E-state index contributed by atoms with van der Waals surface area (Å²) in [6.45, 7) is 6.66. The lowest BCUT2D eigenvalue weighted by atomic mass is 9.97. The molecule has 2 aromatic rings. The van der Waals surface area contributed by atoms with Gasteiger partial charge in [-0.15, -0.1) is 0 Å². The molecule has 0 aliphatic carbocycles. The van der Waals surface area contributed by atoms with E-state index in [1.54, 1.807) is 0 Å². The van der Waals surface area contributed by atoms with Gasteiger partial charge in [0.05, 0.1) is 5.69 Å². The number of aromatic nitrogens is 2. The zero-order valence-corrected chi connectivity index (χ0v) is 12.9. The predicted octanol–water partition coefficient (Wildman–Crippen LogP) is 3.21. The van der Waals surface area contributed by atoms with E-state index in [-0.39, 0.29) is 6.04 Å². The first-order valence-electron chi connectivity index (χ1n) is 7.10. The molecule has 0 aliphatic rings. The van der Waals surface area contributed by atoms with Crippen LogP contribution >= 0.6 is 0 Å². The minimum absolute atomic E-state index is 0.137. The first-order valence-corrected chi connectivity index (χ1v) is 7.10. The maximum absolute atomic E-state index is 13.4. The van der Waals surface area contributed by atoms with Crippen molar-refractivity contribution in [1.82, 2.24) is 15.1 Å². The molecule has 1 aromatic heterocycles. The Labute approximate surface area is 124 Å². The van der Waals surface area contributed by atoms with Crippen molar-refractivity contribution in [2.45, 2.75) is 33.2 Å². The molecule has 114 valence electrons. The lowest BCUT2D eigenvalue weighted by Crippen LogP contribution is -2.23. The third-order valence-electron chi connectivity index (χ3n) is 3.80. The molecule has 0 saturated carbocycles. The molecule has 0 spiro atoms. The highest BCUT2D eigenvalue weighted by Crippen LogP contribution is 2.24. The molecule has 0 amide bonds. The van der Waals surface area contributed by atoms with Crippen molar-refractivity contribution >= 4 is 0 Å². The zero-order valence-electron chi connectivity index (χ0n) is 12.9. The molecule has 1 unspecified atom stereocenters. The summed E-state index contributed by atoms with van der Waals surface area (Å²) in [7, 11) is 1.90. The summed E-state index contributed by atoms with van der Waals surface area (Å²) in [5.41, 5.74) is 3.77. The van der Waals surface area contributed by atoms with Crippen molar-refractivity contribution < 1.29 is 8.78 Å². The van der Waals surface area contributed by atoms with E-state index < -0.39 is 11.6 Å². The van der Waals surface area contributed by atoms with Crippen molar-refractivity contribution in [2.75, 3.05) is 6.54 Å². The van der Waals surface area contributed by atoms with Gasteiger partial charge in [0, 0.05) is 24.8 Å². The van der Waals surface area contributed by atoms with Gasteiger partial charge in [-0.25, -0.2) is 8.78 Å². The Morgan fingerprint density at radius 2 is 1.81 bits per heavy atom. The fourth-order valence-corrected chi connectivity index (χ4v) is 2.65. The van der Waals surface area contributed by atoms with E-state index in [1.165, 1.54) is 12.1 Å². The average molecular weight is 293 g/mol. The van der Waals surface area contributed by atoms with Crippen LogP contribution in [0.25, 0.3) is 0 Å². The van der Waals surface area contributed by atoms with E-state index in [4.69, 9.17) is 0 Å². The Balaban J connectivity index is 2.35. The van der Waals surface area contributed by atoms with E-state index in [0.717, 1.165) is 29.6 Å². The molecule has 0 radical (unpaired) electrons. The Morgan fingerprint density at radius 3 is 2.29 bits per heavy atom. The molecule has 1 atom stereocenters. The predicted molar refractivity (Wildman–Crippen MR) is 79.2 cm³/mol. The molecule has 5 heteroatoms. The van der Waals surface area contributed by atoms with E-state index in [9.17, 15) is 8.78 Å². The van der Waals surface area contributed by atoms with Crippen LogP contribution in [0.4, 0.5) is 8.78 Å². The summed E-state index contributed by atoms with van der Waals surface area (Å²) in [4.78, 5) is 0. The molecule has 3 nitrogen and oxygen atoms in total. The van der Waals surface area contributed by atoms with E-state index in [0.29, 0.717) is 12.0 Å². The number of nitrogens with zero attached hydrogens (tertiary/aromatic N) is 2. The van der Waals surface area contributed by atoms with Crippen LogP contribution in [0.15, 0.2) is 18.2 Å². The fourth-order valence-electron chi connectivity index (χ4n) is 2.65. The van der Waals surface area contributed by atoms with Gasteiger partial charge in [0.2, 0.25) is 0 Å². The summed E-state index contributed by atoms with van der Waals surface area (Å²) in [6.07, 6.45) is 0.655. The van der Waals surface area contributed by atoms with Crippen LogP contribution in [0.1, 0.15) is 35.5 Å². The number of benzene rings is 1. The number of hydrogen-bond donors (Lipinski definition) is 1. The largest absolute Gasteiger partial charge is 0.310 e. The van der Waals surface area contributed by atoms with Crippen LogP contribution in [0.3, 0.4) is 0 Å². The highest BCUT2D eigenvalue weighted by atomic mass is 19.1. The van der Waals surface area contributed by atoms with Gasteiger partial charge in [0.25, 0.3) is 0 Å². The zero-order chi connectivity index (χ0) is 15.6. The quantitative estimate of drug-likeness (QED) is 0.917. The van der Waals surface area contributed by atoms with Crippen molar-refractivity contribution in [1.29, 1.82) is 0 Å². The molecule has 0 fully saturated rings. The van der Waals surface area contributed by atoms with Gasteiger partial charge >= 0.3 is 0 Å². The van der Waals surface area contributed by atoms with Crippen LogP contribution in [-0.2, 0) is 13.5 Å². The van der Waals surface area contributed by atoms with Crippen molar-refractivity contribution in [3.63, 3.8) is 0 Å². The molecule has 1 aromatic carbocycles. The number of aryl methyl sites for hydroxylation is 2. The van der Waals surface area contributed by atoms with Gasteiger partial charge < -0.3 is 5.32 Å². The third kappa shape index (κ3) is 3.47. The molecule has 21 heavy (non-hydrogen) atoms. The highest BCUT2D eigenvalue weighted by Gasteiger charge is 2.18. The van der Waals surface area contributed by atoms with Gasteiger partial charge in [-0.1, -0.05) is 6.92 Å². The normalized spacial score (nSPS) is 12.7. The van der Waals surface area contributed by atoms with E-state index in [2.05, 4.69) is 10.4 Å². The molecular weight excluding hydrogens is 272 g/mol. The molecule has 0 saturated heterocycles. The monoisotopic (exact) mass is 293 g/mol. The van der Waals surface area contributed by atoms with Crippen molar-refractivity contribution in [3.05, 3.63) is 52.3 Å². The van der Waals surface area contributed by atoms with Gasteiger partial charge in [-0.05, 0) is 50.1 Å². The summed E-state index contributed by atoms with van der Waals surface area (Å²) in [6, 6.07) is 3.53. The van der Waals surface area contributed by atoms with E-state index in [1.807, 2.05) is 32.5 Å². The summed E-state index contributed by atoms with van der Waals surface area (Å²) >= 11 is 0. The minimum Gasteiger partial charge on any atom is -0.310 e. The maximum atomic E-state index is 13.4. The fraction of sp³-hybridized carbons (Fsp3) is 0.438. The van der Waals surface area contributed by atoms with Gasteiger partial charge in [-0.3, -0.25) is 4.68 Å². The lowest BCUT2D eigenvalue weighted by molar-refractivity contribution is 0.527. The molecule has 1 N–H and O–H groups in total. The number of likely N-dealkylation sites (N-methyl/N-ethyl adjacent to an activating group) is 1. The van der Waals surface area contributed by atoms with Crippen LogP contribution in [-0.4, -0.2) is 16.3 Å². The van der Waals surface area contributed by atoms with Crippen molar-refractivity contribution in [3.8, 4) is 0 Å². The van der Waals surface area contributed by atoms with Crippen LogP contribution < -0.4 is 5.32 Å². The number of halogens is 2.